The SMILES string of the molecule is CCOC(=O)N1CCCC[C@@H](NC(=O)OC(C)(C)C)C1=O. The summed E-state index contributed by atoms with van der Waals surface area (Å²) in [6.45, 7) is 7.42. The molecule has 1 heterocycles. The molecule has 120 valence electrons. The van der Waals surface area contributed by atoms with E-state index in [-0.39, 0.29) is 6.61 Å². The van der Waals surface area contributed by atoms with Crippen LogP contribution >= 0.6 is 0 Å². The van der Waals surface area contributed by atoms with E-state index in [4.69, 9.17) is 9.47 Å². The maximum Gasteiger partial charge on any atom is 0.416 e. The molecule has 1 atom stereocenters. The van der Waals surface area contributed by atoms with E-state index in [9.17, 15) is 14.4 Å². The number of ether oxygens (including phenoxy) is 2. The normalized spacial score (nSPS) is 19.7. The summed E-state index contributed by atoms with van der Waals surface area (Å²) >= 11 is 0. The second-order valence-corrected chi connectivity index (χ2v) is 5.88. The summed E-state index contributed by atoms with van der Waals surface area (Å²) in [5.41, 5.74) is -0.640. The van der Waals surface area contributed by atoms with Crippen molar-refractivity contribution in [1.82, 2.24) is 10.2 Å². The van der Waals surface area contributed by atoms with Crippen LogP contribution in [0.15, 0.2) is 0 Å². The fourth-order valence-corrected chi connectivity index (χ4v) is 2.01. The molecule has 1 aliphatic rings. The van der Waals surface area contributed by atoms with Crippen LogP contribution in [0.3, 0.4) is 0 Å². The van der Waals surface area contributed by atoms with Gasteiger partial charge in [0.05, 0.1) is 6.61 Å². The Balaban J connectivity index is 2.70. The molecule has 0 aromatic heterocycles. The summed E-state index contributed by atoms with van der Waals surface area (Å²) in [7, 11) is 0. The fourth-order valence-electron chi connectivity index (χ4n) is 2.01. The summed E-state index contributed by atoms with van der Waals surface area (Å²) in [5, 5.41) is 2.53. The molecule has 0 aromatic rings. The minimum absolute atomic E-state index is 0.201. The molecule has 0 saturated carbocycles. The largest absolute Gasteiger partial charge is 0.449 e. The Kier molecular flexibility index (Phi) is 5.99. The molecule has 1 rings (SSSR count). The van der Waals surface area contributed by atoms with Gasteiger partial charge in [0.1, 0.15) is 11.6 Å². The molecule has 0 bridgehead atoms. The first-order valence-electron chi connectivity index (χ1n) is 7.22. The third kappa shape index (κ3) is 5.61. The van der Waals surface area contributed by atoms with Crippen molar-refractivity contribution in [3.63, 3.8) is 0 Å². The highest BCUT2D eigenvalue weighted by molar-refractivity contribution is 5.96. The van der Waals surface area contributed by atoms with Crippen LogP contribution < -0.4 is 5.32 Å². The maximum atomic E-state index is 12.3. The zero-order valence-corrected chi connectivity index (χ0v) is 13.1. The standard InChI is InChI=1S/C14H24N2O5/c1-5-20-13(19)16-9-7-6-8-10(11(16)17)15-12(18)21-14(2,3)4/h10H,5-9H2,1-4H3,(H,15,18)/t10-/m1/s1. The lowest BCUT2D eigenvalue weighted by Crippen LogP contribution is -2.50. The smallest absolute Gasteiger partial charge is 0.416 e. The Labute approximate surface area is 124 Å². The Hall–Kier alpha value is -1.79. The van der Waals surface area contributed by atoms with Crippen molar-refractivity contribution in [2.24, 2.45) is 0 Å². The number of imide groups is 1. The van der Waals surface area contributed by atoms with E-state index in [0.717, 1.165) is 11.3 Å². The predicted octanol–water partition coefficient (Wildman–Crippen LogP) is 2.05. The summed E-state index contributed by atoms with van der Waals surface area (Å²) < 4.78 is 10.00. The van der Waals surface area contributed by atoms with Gasteiger partial charge in [0.15, 0.2) is 0 Å². The van der Waals surface area contributed by atoms with Crippen molar-refractivity contribution in [2.75, 3.05) is 13.2 Å². The van der Waals surface area contributed by atoms with Crippen molar-refractivity contribution >= 4 is 18.1 Å². The van der Waals surface area contributed by atoms with Crippen LogP contribution in [0.2, 0.25) is 0 Å². The molecule has 21 heavy (non-hydrogen) atoms. The van der Waals surface area contributed by atoms with Gasteiger partial charge in [-0.25, -0.2) is 14.5 Å². The van der Waals surface area contributed by atoms with Crippen LogP contribution in [-0.4, -0.2) is 47.8 Å². The summed E-state index contributed by atoms with van der Waals surface area (Å²) in [5.74, 6) is -0.447. The Bertz CT molecular complexity index is 403. The van der Waals surface area contributed by atoms with E-state index in [1.807, 2.05) is 0 Å². The lowest BCUT2D eigenvalue weighted by molar-refractivity contribution is -0.131. The molecule has 0 aliphatic carbocycles. The highest BCUT2D eigenvalue weighted by Gasteiger charge is 2.33. The van der Waals surface area contributed by atoms with Crippen LogP contribution in [0.1, 0.15) is 47.0 Å². The van der Waals surface area contributed by atoms with E-state index in [2.05, 4.69) is 5.32 Å². The summed E-state index contributed by atoms with van der Waals surface area (Å²) in [6, 6.07) is -0.758. The molecule has 1 fully saturated rings. The first-order valence-corrected chi connectivity index (χ1v) is 7.22. The van der Waals surface area contributed by atoms with E-state index >= 15 is 0 Å². The monoisotopic (exact) mass is 300 g/mol. The first kappa shape index (κ1) is 17.3. The van der Waals surface area contributed by atoms with Crippen LogP contribution in [0.5, 0.6) is 0 Å². The van der Waals surface area contributed by atoms with Gasteiger partial charge in [-0.05, 0) is 47.0 Å². The Morgan fingerprint density at radius 1 is 1.33 bits per heavy atom. The van der Waals surface area contributed by atoms with Gasteiger partial charge >= 0.3 is 12.2 Å². The molecule has 1 aliphatic heterocycles. The molecule has 1 saturated heterocycles. The second-order valence-electron chi connectivity index (χ2n) is 5.88. The van der Waals surface area contributed by atoms with Crippen molar-refractivity contribution in [3.05, 3.63) is 0 Å². The lowest BCUT2D eigenvalue weighted by atomic mass is 10.1. The number of hydrogen-bond acceptors (Lipinski definition) is 5. The van der Waals surface area contributed by atoms with Gasteiger partial charge < -0.3 is 14.8 Å². The molecule has 0 unspecified atom stereocenters. The van der Waals surface area contributed by atoms with Gasteiger partial charge in [0, 0.05) is 6.54 Å². The quantitative estimate of drug-likeness (QED) is 0.843. The van der Waals surface area contributed by atoms with Crippen molar-refractivity contribution in [2.45, 2.75) is 58.6 Å². The zero-order chi connectivity index (χ0) is 16.0. The van der Waals surface area contributed by atoms with E-state index < -0.39 is 29.7 Å². The Morgan fingerprint density at radius 3 is 2.57 bits per heavy atom. The predicted molar refractivity (Wildman–Crippen MR) is 75.7 cm³/mol. The van der Waals surface area contributed by atoms with E-state index in [1.54, 1.807) is 27.7 Å². The van der Waals surface area contributed by atoms with E-state index in [0.29, 0.717) is 19.4 Å². The Morgan fingerprint density at radius 2 is 2.00 bits per heavy atom. The van der Waals surface area contributed by atoms with Crippen molar-refractivity contribution in [1.29, 1.82) is 0 Å². The fraction of sp³-hybridized carbons (Fsp3) is 0.786. The molecular formula is C14H24N2O5. The number of amides is 3. The summed E-state index contributed by atoms with van der Waals surface area (Å²) in [4.78, 5) is 36.9. The second kappa shape index (κ2) is 7.28. The lowest BCUT2D eigenvalue weighted by Gasteiger charge is -2.24. The highest BCUT2D eigenvalue weighted by atomic mass is 16.6. The number of hydrogen-bond donors (Lipinski definition) is 1. The van der Waals surface area contributed by atoms with Crippen LogP contribution in [0.25, 0.3) is 0 Å². The van der Waals surface area contributed by atoms with Gasteiger partial charge in [-0.3, -0.25) is 4.79 Å². The average Bonchev–Trinajstić information content (AvgIpc) is 2.50. The molecule has 0 spiro atoms. The molecule has 0 radical (unpaired) electrons. The van der Waals surface area contributed by atoms with Crippen LogP contribution in [-0.2, 0) is 14.3 Å². The van der Waals surface area contributed by atoms with Crippen molar-refractivity contribution in [3.8, 4) is 0 Å². The van der Waals surface area contributed by atoms with Gasteiger partial charge in [-0.15, -0.1) is 0 Å². The maximum absolute atomic E-state index is 12.3. The molecule has 3 amide bonds. The third-order valence-electron chi connectivity index (χ3n) is 2.87. The molecular weight excluding hydrogens is 276 g/mol. The van der Waals surface area contributed by atoms with Crippen LogP contribution in [0.4, 0.5) is 9.59 Å². The average molecular weight is 300 g/mol. The molecule has 1 N–H and O–H groups in total. The number of likely N-dealkylation sites (tertiary alicyclic amines) is 1. The number of carbonyl (C=O) groups excluding carboxylic acids is 3. The van der Waals surface area contributed by atoms with Gasteiger partial charge in [0.2, 0.25) is 0 Å². The van der Waals surface area contributed by atoms with Crippen molar-refractivity contribution < 1.29 is 23.9 Å². The van der Waals surface area contributed by atoms with E-state index in [1.165, 1.54) is 0 Å². The minimum atomic E-state index is -0.758. The number of nitrogens with one attached hydrogen (secondary N) is 1. The number of rotatable bonds is 2. The first-order chi connectivity index (χ1) is 9.74. The molecule has 7 nitrogen and oxygen atoms in total. The summed E-state index contributed by atoms with van der Waals surface area (Å²) in [6.07, 6.45) is 0.583. The van der Waals surface area contributed by atoms with Gasteiger partial charge in [-0.1, -0.05) is 0 Å². The number of alkyl carbamates (subject to hydrolysis) is 1. The number of nitrogens with zero attached hydrogens (tertiary/aromatic N) is 1. The molecule has 0 aromatic carbocycles. The third-order valence-corrected chi connectivity index (χ3v) is 2.87. The topological polar surface area (TPSA) is 84.9 Å². The van der Waals surface area contributed by atoms with Gasteiger partial charge in [0.25, 0.3) is 5.91 Å². The zero-order valence-electron chi connectivity index (χ0n) is 13.1. The highest BCUT2D eigenvalue weighted by Crippen LogP contribution is 2.14. The molecule has 7 heteroatoms. The minimum Gasteiger partial charge on any atom is -0.449 e. The van der Waals surface area contributed by atoms with Crippen LogP contribution in [0, 0.1) is 0 Å². The van der Waals surface area contributed by atoms with Gasteiger partial charge in [-0.2, -0.15) is 0 Å². The number of carbonyl (C=O) groups is 3.